The van der Waals surface area contributed by atoms with Gasteiger partial charge >= 0.3 is 0 Å². The molecule has 0 aliphatic rings. The average molecular weight is 306 g/mol. The van der Waals surface area contributed by atoms with E-state index < -0.39 is 0 Å². The van der Waals surface area contributed by atoms with Crippen LogP contribution in [0, 0.1) is 6.92 Å². The molecule has 3 rings (SSSR count). The third-order valence-electron chi connectivity index (χ3n) is 3.72. The van der Waals surface area contributed by atoms with Crippen LogP contribution in [-0.2, 0) is 6.42 Å². The van der Waals surface area contributed by atoms with Crippen LogP contribution in [0.15, 0.2) is 54.6 Å². The molecule has 0 fully saturated rings. The van der Waals surface area contributed by atoms with Crippen molar-refractivity contribution in [2.24, 2.45) is 0 Å². The minimum Gasteiger partial charge on any atom is -0.368 e. The van der Waals surface area contributed by atoms with Crippen molar-refractivity contribution < 1.29 is 4.79 Å². The van der Waals surface area contributed by atoms with E-state index in [0.717, 1.165) is 16.7 Å². The Morgan fingerprint density at radius 1 is 1.09 bits per heavy atom. The molecule has 23 heavy (non-hydrogen) atoms. The lowest BCUT2D eigenvalue weighted by atomic mass is 10.1. The first-order valence-electron chi connectivity index (χ1n) is 7.51. The van der Waals surface area contributed by atoms with E-state index in [0.29, 0.717) is 18.7 Å². The third-order valence-corrected chi connectivity index (χ3v) is 3.72. The summed E-state index contributed by atoms with van der Waals surface area (Å²) in [6, 6.07) is 17.6. The second kappa shape index (κ2) is 6.44. The predicted molar refractivity (Wildman–Crippen MR) is 90.0 cm³/mol. The van der Waals surface area contributed by atoms with Gasteiger partial charge in [-0.3, -0.25) is 4.79 Å². The normalized spacial score (nSPS) is 10.7. The van der Waals surface area contributed by atoms with Crippen molar-refractivity contribution in [3.8, 4) is 11.4 Å². The zero-order chi connectivity index (χ0) is 16.2. The Hall–Kier alpha value is -2.95. The quantitative estimate of drug-likeness (QED) is 0.803. The molecule has 0 radical (unpaired) electrons. The van der Waals surface area contributed by atoms with E-state index in [2.05, 4.69) is 10.1 Å². The molecule has 2 aromatic carbocycles. The van der Waals surface area contributed by atoms with Crippen molar-refractivity contribution in [2.75, 3.05) is 5.73 Å². The highest BCUT2D eigenvalue weighted by molar-refractivity contribution is 5.81. The summed E-state index contributed by atoms with van der Waals surface area (Å²) in [4.78, 5) is 16.6. The molecule has 1 aromatic heterocycles. The smallest absolute Gasteiger partial charge is 0.250 e. The minimum atomic E-state index is -0.154. The molecule has 0 aliphatic carbocycles. The van der Waals surface area contributed by atoms with Crippen LogP contribution in [0.5, 0.6) is 0 Å². The van der Waals surface area contributed by atoms with E-state index in [9.17, 15) is 4.79 Å². The summed E-state index contributed by atoms with van der Waals surface area (Å²) < 4.78 is 1.20. The van der Waals surface area contributed by atoms with Crippen LogP contribution in [-0.4, -0.2) is 20.7 Å². The Labute approximate surface area is 134 Å². The van der Waals surface area contributed by atoms with Crippen LogP contribution in [0.25, 0.3) is 11.4 Å². The SMILES string of the molecule is Cc1ccccc1-c1nc(N)n(C(=O)CCc2ccccc2)n1. The molecule has 3 aromatic rings. The van der Waals surface area contributed by atoms with Gasteiger partial charge in [-0.15, -0.1) is 5.10 Å². The first-order chi connectivity index (χ1) is 11.1. The van der Waals surface area contributed by atoms with Crippen LogP contribution >= 0.6 is 0 Å². The summed E-state index contributed by atoms with van der Waals surface area (Å²) in [5.41, 5.74) is 8.90. The van der Waals surface area contributed by atoms with Gasteiger partial charge in [0.2, 0.25) is 11.9 Å². The maximum absolute atomic E-state index is 12.3. The van der Waals surface area contributed by atoms with Gasteiger partial charge in [0.15, 0.2) is 5.82 Å². The number of hydrogen-bond acceptors (Lipinski definition) is 4. The molecular formula is C18H18N4O. The van der Waals surface area contributed by atoms with E-state index in [1.54, 1.807) is 0 Å². The standard InChI is InChI=1S/C18H18N4O/c1-13-7-5-6-10-15(13)17-20-18(19)22(21-17)16(23)12-11-14-8-3-2-4-9-14/h2-10H,11-12H2,1H3,(H2,19,20,21). The molecule has 0 amide bonds. The Kier molecular flexibility index (Phi) is 4.19. The lowest BCUT2D eigenvalue weighted by Gasteiger charge is -2.02. The van der Waals surface area contributed by atoms with Crippen LogP contribution < -0.4 is 5.73 Å². The van der Waals surface area contributed by atoms with Gasteiger partial charge in [-0.25, -0.2) is 0 Å². The molecule has 0 saturated heterocycles. The van der Waals surface area contributed by atoms with Crippen LogP contribution in [0.3, 0.4) is 0 Å². The summed E-state index contributed by atoms with van der Waals surface area (Å²) in [5, 5.41) is 4.28. The highest BCUT2D eigenvalue weighted by atomic mass is 16.2. The number of carbonyl (C=O) groups is 1. The zero-order valence-electron chi connectivity index (χ0n) is 12.9. The van der Waals surface area contributed by atoms with Gasteiger partial charge in [0.05, 0.1) is 0 Å². The third kappa shape index (κ3) is 3.29. The topological polar surface area (TPSA) is 73.8 Å². The number of nitrogen functional groups attached to an aromatic ring is 1. The van der Waals surface area contributed by atoms with Crippen molar-refractivity contribution in [3.05, 3.63) is 65.7 Å². The molecule has 0 atom stereocenters. The molecule has 2 N–H and O–H groups in total. The van der Waals surface area contributed by atoms with Crippen LogP contribution in [0.2, 0.25) is 0 Å². The van der Waals surface area contributed by atoms with Gasteiger partial charge in [-0.2, -0.15) is 9.67 Å². The van der Waals surface area contributed by atoms with Crippen molar-refractivity contribution in [2.45, 2.75) is 19.8 Å². The van der Waals surface area contributed by atoms with Gasteiger partial charge in [-0.05, 0) is 24.5 Å². The largest absolute Gasteiger partial charge is 0.368 e. The number of nitrogens with two attached hydrogens (primary N) is 1. The Morgan fingerprint density at radius 2 is 1.78 bits per heavy atom. The Balaban J connectivity index is 1.78. The highest BCUT2D eigenvalue weighted by Crippen LogP contribution is 2.20. The number of benzene rings is 2. The van der Waals surface area contributed by atoms with Crippen molar-refractivity contribution in [3.63, 3.8) is 0 Å². The van der Waals surface area contributed by atoms with E-state index in [1.165, 1.54) is 4.68 Å². The van der Waals surface area contributed by atoms with Crippen molar-refractivity contribution in [1.29, 1.82) is 0 Å². The summed E-state index contributed by atoms with van der Waals surface area (Å²) in [6.07, 6.45) is 0.990. The lowest BCUT2D eigenvalue weighted by molar-refractivity contribution is 0.0890. The van der Waals surface area contributed by atoms with Gasteiger partial charge in [0, 0.05) is 12.0 Å². The van der Waals surface area contributed by atoms with Crippen LogP contribution in [0.1, 0.15) is 22.3 Å². The molecule has 0 unspecified atom stereocenters. The number of hydrogen-bond donors (Lipinski definition) is 1. The van der Waals surface area contributed by atoms with E-state index in [1.807, 2.05) is 61.5 Å². The fraction of sp³-hybridized carbons (Fsp3) is 0.167. The zero-order valence-corrected chi connectivity index (χ0v) is 12.9. The van der Waals surface area contributed by atoms with Crippen molar-refractivity contribution in [1.82, 2.24) is 14.8 Å². The van der Waals surface area contributed by atoms with Crippen LogP contribution in [0.4, 0.5) is 5.95 Å². The molecule has 0 aliphatic heterocycles. The maximum atomic E-state index is 12.3. The molecule has 1 heterocycles. The second-order valence-electron chi connectivity index (χ2n) is 5.40. The van der Waals surface area contributed by atoms with Crippen molar-refractivity contribution >= 4 is 11.9 Å². The number of rotatable bonds is 4. The maximum Gasteiger partial charge on any atom is 0.250 e. The fourth-order valence-electron chi connectivity index (χ4n) is 2.45. The number of aromatic nitrogens is 3. The summed E-state index contributed by atoms with van der Waals surface area (Å²) >= 11 is 0. The fourth-order valence-corrected chi connectivity index (χ4v) is 2.45. The molecule has 116 valence electrons. The van der Waals surface area contributed by atoms with Gasteiger partial charge in [-0.1, -0.05) is 54.6 Å². The second-order valence-corrected chi connectivity index (χ2v) is 5.40. The number of aryl methyl sites for hydroxylation is 2. The predicted octanol–water partition coefficient (Wildman–Crippen LogP) is 3.11. The monoisotopic (exact) mass is 306 g/mol. The van der Waals surface area contributed by atoms with E-state index in [4.69, 9.17) is 5.73 Å². The average Bonchev–Trinajstić information content (AvgIpc) is 2.96. The highest BCUT2D eigenvalue weighted by Gasteiger charge is 2.15. The van der Waals surface area contributed by atoms with Gasteiger partial charge < -0.3 is 5.73 Å². The molecule has 0 bridgehead atoms. The van der Waals surface area contributed by atoms with Gasteiger partial charge in [0.1, 0.15) is 0 Å². The molecular weight excluding hydrogens is 288 g/mol. The number of carbonyl (C=O) groups excluding carboxylic acids is 1. The number of nitrogens with zero attached hydrogens (tertiary/aromatic N) is 3. The Bertz CT molecular complexity index is 824. The molecule has 5 heteroatoms. The first kappa shape index (κ1) is 15.0. The van der Waals surface area contributed by atoms with E-state index in [-0.39, 0.29) is 11.9 Å². The first-order valence-corrected chi connectivity index (χ1v) is 7.51. The van der Waals surface area contributed by atoms with E-state index >= 15 is 0 Å². The van der Waals surface area contributed by atoms with Gasteiger partial charge in [0.25, 0.3) is 0 Å². The summed E-state index contributed by atoms with van der Waals surface area (Å²) in [5.74, 6) is 0.452. The summed E-state index contributed by atoms with van der Waals surface area (Å²) in [6.45, 7) is 1.98. The molecule has 5 nitrogen and oxygen atoms in total. The lowest BCUT2D eigenvalue weighted by Crippen LogP contribution is -2.16. The Morgan fingerprint density at radius 3 is 2.52 bits per heavy atom. The molecule has 0 spiro atoms. The molecule has 0 saturated carbocycles. The minimum absolute atomic E-state index is 0.126. The summed E-state index contributed by atoms with van der Waals surface area (Å²) in [7, 11) is 0. The number of anilines is 1.